The number of carbonyl (C=O) groups excluding carboxylic acids is 1. The quantitative estimate of drug-likeness (QED) is 0.597. The lowest BCUT2D eigenvalue weighted by Gasteiger charge is -2.08. The summed E-state index contributed by atoms with van der Waals surface area (Å²) in [6.45, 7) is 4.01. The summed E-state index contributed by atoms with van der Waals surface area (Å²) in [4.78, 5) is 10.4. The molecule has 0 aliphatic heterocycles. The fraction of sp³-hybridized carbons (Fsp3) is 0.182. The van der Waals surface area contributed by atoms with Gasteiger partial charge in [0.15, 0.2) is 0 Å². The van der Waals surface area contributed by atoms with Crippen LogP contribution in [0.1, 0.15) is 5.56 Å². The van der Waals surface area contributed by atoms with E-state index < -0.39 is 0 Å². The first kappa shape index (κ1) is 11.0. The molecule has 0 fully saturated rings. The molecule has 1 aromatic rings. The Kier molecular flexibility index (Phi) is 4.40. The molecule has 0 amide bonds. The minimum absolute atomic E-state index is 0.375. The maximum atomic E-state index is 10.4. The molecule has 0 N–H and O–H groups in total. The Bertz CT molecular complexity index is 334. The van der Waals surface area contributed by atoms with E-state index in [2.05, 4.69) is 22.5 Å². The lowest BCUT2D eigenvalue weighted by atomic mass is 10.1. The summed E-state index contributed by atoms with van der Waals surface area (Å²) >= 11 is 3.35. The third-order valence-electron chi connectivity index (χ3n) is 1.69. The van der Waals surface area contributed by atoms with E-state index in [0.717, 1.165) is 22.1 Å². The molecule has 0 saturated heterocycles. The molecule has 3 heteroatoms. The highest BCUT2D eigenvalue weighted by Gasteiger charge is 2.03. The molecule has 74 valence electrons. The Morgan fingerprint density at radius 1 is 1.50 bits per heavy atom. The van der Waals surface area contributed by atoms with Crippen molar-refractivity contribution < 1.29 is 9.53 Å². The second-order valence-electron chi connectivity index (χ2n) is 2.72. The predicted octanol–water partition coefficient (Wildman–Crippen LogP) is 2.76. The molecule has 0 atom stereocenters. The largest absolute Gasteiger partial charge is 0.489 e. The summed E-state index contributed by atoms with van der Waals surface area (Å²) in [5.74, 6) is 0.728. The molecule has 0 aromatic heterocycles. The second-order valence-corrected chi connectivity index (χ2v) is 3.64. The summed E-state index contributed by atoms with van der Waals surface area (Å²) in [5, 5.41) is 0. The first-order chi connectivity index (χ1) is 6.77. The van der Waals surface area contributed by atoms with E-state index >= 15 is 0 Å². The van der Waals surface area contributed by atoms with Crippen molar-refractivity contribution in [1.29, 1.82) is 0 Å². The summed E-state index contributed by atoms with van der Waals surface area (Å²) in [6.07, 6.45) is 2.91. The normalized spacial score (nSPS) is 9.50. The van der Waals surface area contributed by atoms with Crippen molar-refractivity contribution in [2.75, 3.05) is 6.61 Å². The third-order valence-corrected chi connectivity index (χ3v) is 2.18. The van der Waals surface area contributed by atoms with Crippen LogP contribution in [0.5, 0.6) is 5.75 Å². The SMILES string of the molecule is C=CCOc1cc(Br)ccc1CC=O. The molecule has 1 rings (SSSR count). The van der Waals surface area contributed by atoms with Gasteiger partial charge >= 0.3 is 0 Å². The minimum Gasteiger partial charge on any atom is -0.489 e. The molecule has 0 saturated carbocycles. The van der Waals surface area contributed by atoms with E-state index in [1.54, 1.807) is 6.08 Å². The Balaban J connectivity index is 2.89. The summed E-state index contributed by atoms with van der Waals surface area (Å²) in [5.41, 5.74) is 0.894. The predicted molar refractivity (Wildman–Crippen MR) is 59.6 cm³/mol. The van der Waals surface area contributed by atoms with Gasteiger partial charge in [0.1, 0.15) is 18.6 Å². The fourth-order valence-corrected chi connectivity index (χ4v) is 1.41. The zero-order valence-electron chi connectivity index (χ0n) is 7.70. The molecule has 1 aromatic carbocycles. The molecule has 0 bridgehead atoms. The van der Waals surface area contributed by atoms with Crippen molar-refractivity contribution in [2.45, 2.75) is 6.42 Å². The van der Waals surface area contributed by atoms with Crippen LogP contribution in [0.2, 0.25) is 0 Å². The summed E-state index contributed by atoms with van der Waals surface area (Å²) < 4.78 is 6.35. The van der Waals surface area contributed by atoms with Gasteiger partial charge in [-0.2, -0.15) is 0 Å². The van der Waals surface area contributed by atoms with E-state index in [4.69, 9.17) is 4.74 Å². The zero-order chi connectivity index (χ0) is 10.4. The van der Waals surface area contributed by atoms with Crippen molar-refractivity contribution in [3.63, 3.8) is 0 Å². The molecule has 0 spiro atoms. The highest BCUT2D eigenvalue weighted by molar-refractivity contribution is 9.10. The number of benzene rings is 1. The fourth-order valence-electron chi connectivity index (χ4n) is 1.07. The third kappa shape index (κ3) is 3.00. The molecular weight excluding hydrogens is 244 g/mol. The lowest BCUT2D eigenvalue weighted by molar-refractivity contribution is -0.107. The number of halogens is 1. The van der Waals surface area contributed by atoms with Crippen LogP contribution in [0.25, 0.3) is 0 Å². The number of hydrogen-bond acceptors (Lipinski definition) is 2. The average Bonchev–Trinajstić information content (AvgIpc) is 2.18. The Morgan fingerprint density at radius 3 is 2.93 bits per heavy atom. The van der Waals surface area contributed by atoms with Gasteiger partial charge in [0.05, 0.1) is 0 Å². The number of aldehydes is 1. The maximum Gasteiger partial charge on any atom is 0.124 e. The molecule has 0 unspecified atom stereocenters. The molecule has 0 aliphatic rings. The van der Waals surface area contributed by atoms with Gasteiger partial charge in [-0.3, -0.25) is 0 Å². The van der Waals surface area contributed by atoms with Gasteiger partial charge < -0.3 is 9.53 Å². The molecule has 2 nitrogen and oxygen atoms in total. The second kappa shape index (κ2) is 5.60. The first-order valence-corrected chi connectivity index (χ1v) is 5.03. The Labute approximate surface area is 91.7 Å². The number of hydrogen-bond donors (Lipinski definition) is 0. The van der Waals surface area contributed by atoms with Gasteiger partial charge in [0.2, 0.25) is 0 Å². The van der Waals surface area contributed by atoms with E-state index in [0.29, 0.717) is 13.0 Å². The van der Waals surface area contributed by atoms with Crippen LogP contribution in [0.4, 0.5) is 0 Å². The number of rotatable bonds is 5. The van der Waals surface area contributed by atoms with E-state index in [-0.39, 0.29) is 0 Å². The minimum atomic E-state index is 0.375. The highest BCUT2D eigenvalue weighted by Crippen LogP contribution is 2.23. The topological polar surface area (TPSA) is 26.3 Å². The van der Waals surface area contributed by atoms with Gasteiger partial charge in [-0.15, -0.1) is 0 Å². The van der Waals surface area contributed by atoms with Gasteiger partial charge in [0.25, 0.3) is 0 Å². The van der Waals surface area contributed by atoms with Crippen LogP contribution < -0.4 is 4.74 Å². The molecule has 0 aliphatic carbocycles. The highest BCUT2D eigenvalue weighted by atomic mass is 79.9. The van der Waals surface area contributed by atoms with Crippen LogP contribution in [0, 0.1) is 0 Å². The monoisotopic (exact) mass is 254 g/mol. The van der Waals surface area contributed by atoms with Crippen LogP contribution in [0.3, 0.4) is 0 Å². The standard InChI is InChI=1S/C11H11BrO2/c1-2-7-14-11-8-10(12)4-3-9(11)5-6-13/h2-4,6,8H,1,5,7H2. The molecule has 0 heterocycles. The molecular formula is C11H11BrO2. The average molecular weight is 255 g/mol. The van der Waals surface area contributed by atoms with Gasteiger partial charge in [0, 0.05) is 16.5 Å². The number of carbonyl (C=O) groups is 1. The summed E-state index contributed by atoms with van der Waals surface area (Å²) in [6, 6.07) is 5.61. The Morgan fingerprint density at radius 2 is 2.29 bits per heavy atom. The lowest BCUT2D eigenvalue weighted by Crippen LogP contribution is -1.98. The van der Waals surface area contributed by atoms with Gasteiger partial charge in [-0.25, -0.2) is 0 Å². The van der Waals surface area contributed by atoms with Crippen LogP contribution in [-0.2, 0) is 11.2 Å². The van der Waals surface area contributed by atoms with E-state index in [1.165, 1.54) is 0 Å². The van der Waals surface area contributed by atoms with Crippen molar-refractivity contribution in [1.82, 2.24) is 0 Å². The van der Waals surface area contributed by atoms with Crippen LogP contribution >= 0.6 is 15.9 Å². The van der Waals surface area contributed by atoms with E-state index in [9.17, 15) is 4.79 Å². The van der Waals surface area contributed by atoms with Crippen molar-refractivity contribution in [2.24, 2.45) is 0 Å². The van der Waals surface area contributed by atoms with Gasteiger partial charge in [-0.1, -0.05) is 34.7 Å². The maximum absolute atomic E-state index is 10.4. The first-order valence-electron chi connectivity index (χ1n) is 4.23. The van der Waals surface area contributed by atoms with Crippen LogP contribution in [-0.4, -0.2) is 12.9 Å². The van der Waals surface area contributed by atoms with Crippen molar-refractivity contribution >= 4 is 22.2 Å². The zero-order valence-corrected chi connectivity index (χ0v) is 9.29. The number of ether oxygens (including phenoxy) is 1. The van der Waals surface area contributed by atoms with E-state index in [1.807, 2.05) is 18.2 Å². The van der Waals surface area contributed by atoms with Crippen molar-refractivity contribution in [3.05, 3.63) is 40.9 Å². The van der Waals surface area contributed by atoms with Crippen molar-refractivity contribution in [3.8, 4) is 5.75 Å². The summed E-state index contributed by atoms with van der Waals surface area (Å²) in [7, 11) is 0. The smallest absolute Gasteiger partial charge is 0.124 e. The Hall–Kier alpha value is -1.09. The molecule has 0 radical (unpaired) electrons. The molecule has 14 heavy (non-hydrogen) atoms. The van der Waals surface area contributed by atoms with Crippen LogP contribution in [0.15, 0.2) is 35.3 Å². The van der Waals surface area contributed by atoms with Gasteiger partial charge in [-0.05, 0) is 12.1 Å².